The van der Waals surface area contributed by atoms with Crippen molar-refractivity contribution in [1.82, 2.24) is 4.40 Å². The van der Waals surface area contributed by atoms with Gasteiger partial charge in [-0.15, -0.1) is 0 Å². The predicted molar refractivity (Wildman–Crippen MR) is 125 cm³/mol. The summed E-state index contributed by atoms with van der Waals surface area (Å²) in [6, 6.07) is 18.1. The van der Waals surface area contributed by atoms with Gasteiger partial charge in [-0.2, -0.15) is 0 Å². The molecule has 0 unspecified atom stereocenters. The fourth-order valence-electron chi connectivity index (χ4n) is 3.82. The fourth-order valence-corrected chi connectivity index (χ4v) is 3.82. The van der Waals surface area contributed by atoms with Crippen molar-refractivity contribution in [2.45, 2.75) is 13.5 Å². The molecule has 4 rings (SSSR count). The summed E-state index contributed by atoms with van der Waals surface area (Å²) in [5.41, 5.74) is 9.47. The Morgan fingerprint density at radius 2 is 1.76 bits per heavy atom. The lowest BCUT2D eigenvalue weighted by Crippen LogP contribution is -2.08. The van der Waals surface area contributed by atoms with E-state index in [0.717, 1.165) is 5.56 Å². The van der Waals surface area contributed by atoms with Crippen LogP contribution >= 0.6 is 0 Å². The van der Waals surface area contributed by atoms with Crippen molar-refractivity contribution < 1.29 is 23.8 Å². The average molecular weight is 444 g/mol. The first-order chi connectivity index (χ1) is 15.9. The Labute approximate surface area is 191 Å². The van der Waals surface area contributed by atoms with Crippen LogP contribution in [0.2, 0.25) is 0 Å². The first-order valence-electron chi connectivity index (χ1n) is 10.3. The third-order valence-electron chi connectivity index (χ3n) is 5.50. The lowest BCUT2D eigenvalue weighted by molar-refractivity contribution is 0.0602. The van der Waals surface area contributed by atoms with Crippen LogP contribution in [0.4, 0.5) is 5.69 Å². The second-order valence-corrected chi connectivity index (χ2v) is 7.52. The number of methoxy groups -OCH3 is 2. The molecule has 0 radical (unpaired) electrons. The molecule has 0 aliphatic rings. The standard InChI is InChI=1S/C26H24N2O5/c1-16-23(26(30)32-3)21-12-10-19(33-15-17-7-5-4-6-8-17)14-28(21)24(16)25(29)18-9-11-20(27)22(13-18)31-2/h4-14H,15,27H2,1-3H3. The Kier molecular flexibility index (Phi) is 6.04. The van der Waals surface area contributed by atoms with Crippen LogP contribution in [0.1, 0.15) is 37.5 Å². The van der Waals surface area contributed by atoms with Gasteiger partial charge in [-0.05, 0) is 48.4 Å². The molecule has 0 atom stereocenters. The molecule has 0 saturated heterocycles. The van der Waals surface area contributed by atoms with E-state index in [2.05, 4.69) is 0 Å². The monoisotopic (exact) mass is 444 g/mol. The van der Waals surface area contributed by atoms with E-state index in [0.29, 0.717) is 51.7 Å². The number of esters is 1. The number of nitrogen functional groups attached to an aromatic ring is 1. The van der Waals surface area contributed by atoms with E-state index in [1.54, 1.807) is 47.9 Å². The Hall–Kier alpha value is -4.26. The van der Waals surface area contributed by atoms with Gasteiger partial charge in [0, 0.05) is 5.56 Å². The maximum atomic E-state index is 13.6. The summed E-state index contributed by atoms with van der Waals surface area (Å²) in [6.07, 6.45) is 1.71. The highest BCUT2D eigenvalue weighted by Crippen LogP contribution is 2.30. The van der Waals surface area contributed by atoms with E-state index in [9.17, 15) is 9.59 Å². The quantitative estimate of drug-likeness (QED) is 0.257. The van der Waals surface area contributed by atoms with Crippen LogP contribution in [-0.4, -0.2) is 30.4 Å². The molecular weight excluding hydrogens is 420 g/mol. The Bertz CT molecular complexity index is 1340. The van der Waals surface area contributed by atoms with Crippen molar-refractivity contribution in [3.05, 3.63) is 94.8 Å². The molecule has 2 heterocycles. The number of nitrogens with zero attached hydrogens (tertiary/aromatic N) is 1. The number of nitrogens with two attached hydrogens (primary N) is 1. The molecule has 0 amide bonds. The Balaban J connectivity index is 1.81. The molecule has 33 heavy (non-hydrogen) atoms. The maximum Gasteiger partial charge on any atom is 0.340 e. The number of rotatable bonds is 7. The summed E-state index contributed by atoms with van der Waals surface area (Å²) in [6.45, 7) is 2.10. The van der Waals surface area contributed by atoms with E-state index in [-0.39, 0.29) is 5.78 Å². The number of ether oxygens (including phenoxy) is 3. The van der Waals surface area contributed by atoms with Gasteiger partial charge < -0.3 is 24.3 Å². The third kappa shape index (κ3) is 4.13. The molecule has 2 N–H and O–H groups in total. The van der Waals surface area contributed by atoms with Gasteiger partial charge in [0.25, 0.3) is 0 Å². The third-order valence-corrected chi connectivity index (χ3v) is 5.50. The molecular formula is C26H24N2O5. The van der Waals surface area contributed by atoms with Crippen molar-refractivity contribution in [3.63, 3.8) is 0 Å². The number of fused-ring (bicyclic) bond motifs is 1. The molecule has 2 aromatic carbocycles. The minimum absolute atomic E-state index is 0.281. The largest absolute Gasteiger partial charge is 0.495 e. The zero-order valence-electron chi connectivity index (χ0n) is 18.6. The number of hydrogen-bond acceptors (Lipinski definition) is 6. The van der Waals surface area contributed by atoms with Gasteiger partial charge in [0.2, 0.25) is 5.78 Å². The molecule has 0 bridgehead atoms. The minimum atomic E-state index is -0.517. The first kappa shape index (κ1) is 22.0. The highest BCUT2D eigenvalue weighted by molar-refractivity contribution is 6.13. The van der Waals surface area contributed by atoms with Gasteiger partial charge in [-0.3, -0.25) is 4.79 Å². The second kappa shape index (κ2) is 9.08. The highest BCUT2D eigenvalue weighted by atomic mass is 16.5. The van der Waals surface area contributed by atoms with Crippen LogP contribution in [0.25, 0.3) is 5.52 Å². The molecule has 4 aromatic rings. The minimum Gasteiger partial charge on any atom is -0.495 e. The average Bonchev–Trinajstić information content (AvgIpc) is 3.13. The smallest absolute Gasteiger partial charge is 0.340 e. The van der Waals surface area contributed by atoms with Crippen molar-refractivity contribution >= 4 is 23.0 Å². The molecule has 0 spiro atoms. The number of carbonyl (C=O) groups is 2. The van der Waals surface area contributed by atoms with Gasteiger partial charge in [-0.1, -0.05) is 30.3 Å². The van der Waals surface area contributed by atoms with E-state index in [1.807, 2.05) is 30.3 Å². The van der Waals surface area contributed by atoms with Gasteiger partial charge in [0.05, 0.1) is 42.9 Å². The van der Waals surface area contributed by atoms with Gasteiger partial charge in [0.15, 0.2) is 0 Å². The molecule has 168 valence electrons. The number of anilines is 1. The molecule has 7 heteroatoms. The molecule has 7 nitrogen and oxygen atoms in total. The van der Waals surface area contributed by atoms with Gasteiger partial charge in [0.1, 0.15) is 18.1 Å². The summed E-state index contributed by atoms with van der Waals surface area (Å²) < 4.78 is 17.9. The van der Waals surface area contributed by atoms with Crippen LogP contribution in [0.3, 0.4) is 0 Å². The lowest BCUT2D eigenvalue weighted by atomic mass is 10.0. The number of hydrogen-bond donors (Lipinski definition) is 1. The van der Waals surface area contributed by atoms with Crippen LogP contribution in [0.5, 0.6) is 11.5 Å². The van der Waals surface area contributed by atoms with Crippen molar-refractivity contribution in [2.75, 3.05) is 20.0 Å². The predicted octanol–water partition coefficient (Wildman–Crippen LogP) is 4.44. The van der Waals surface area contributed by atoms with Gasteiger partial charge >= 0.3 is 5.97 Å². The Morgan fingerprint density at radius 3 is 2.45 bits per heavy atom. The SMILES string of the molecule is COC(=O)c1c(C)c(C(=O)c2ccc(N)c(OC)c2)n2cc(OCc3ccccc3)ccc12. The number of benzene rings is 2. The highest BCUT2D eigenvalue weighted by Gasteiger charge is 2.26. The number of ketones is 1. The Morgan fingerprint density at radius 1 is 1.00 bits per heavy atom. The summed E-state index contributed by atoms with van der Waals surface area (Å²) in [4.78, 5) is 26.1. The number of pyridine rings is 1. The number of carbonyl (C=O) groups excluding carboxylic acids is 2. The van der Waals surface area contributed by atoms with E-state index < -0.39 is 5.97 Å². The normalized spacial score (nSPS) is 10.8. The van der Waals surface area contributed by atoms with Crippen LogP contribution < -0.4 is 15.2 Å². The summed E-state index contributed by atoms with van der Waals surface area (Å²) in [5.74, 6) is 0.161. The molecule has 0 aliphatic carbocycles. The van der Waals surface area contributed by atoms with Gasteiger partial charge in [-0.25, -0.2) is 4.79 Å². The fraction of sp³-hybridized carbons (Fsp3) is 0.154. The van der Waals surface area contributed by atoms with E-state index >= 15 is 0 Å². The summed E-state index contributed by atoms with van der Waals surface area (Å²) in [7, 11) is 2.80. The van der Waals surface area contributed by atoms with Crippen LogP contribution in [-0.2, 0) is 11.3 Å². The topological polar surface area (TPSA) is 92.3 Å². The molecule has 0 saturated carbocycles. The lowest BCUT2D eigenvalue weighted by Gasteiger charge is -2.10. The summed E-state index contributed by atoms with van der Waals surface area (Å²) in [5, 5.41) is 0. The molecule has 2 aromatic heterocycles. The van der Waals surface area contributed by atoms with Crippen molar-refractivity contribution in [3.8, 4) is 11.5 Å². The zero-order chi connectivity index (χ0) is 23.5. The van der Waals surface area contributed by atoms with Crippen LogP contribution in [0.15, 0.2) is 66.9 Å². The molecule has 0 fully saturated rings. The van der Waals surface area contributed by atoms with Crippen molar-refractivity contribution in [1.29, 1.82) is 0 Å². The van der Waals surface area contributed by atoms with E-state index in [1.165, 1.54) is 14.2 Å². The maximum absolute atomic E-state index is 13.6. The van der Waals surface area contributed by atoms with E-state index in [4.69, 9.17) is 19.9 Å². The number of aromatic nitrogens is 1. The summed E-state index contributed by atoms with van der Waals surface area (Å²) >= 11 is 0. The first-order valence-corrected chi connectivity index (χ1v) is 10.3. The molecule has 0 aliphatic heterocycles. The second-order valence-electron chi connectivity index (χ2n) is 7.52. The van der Waals surface area contributed by atoms with Crippen LogP contribution in [0, 0.1) is 6.92 Å². The van der Waals surface area contributed by atoms with Crippen molar-refractivity contribution in [2.24, 2.45) is 0 Å². The zero-order valence-corrected chi connectivity index (χ0v) is 18.6.